The molecule has 1 heterocycles. The molecule has 0 aliphatic rings. The van der Waals surface area contributed by atoms with Crippen molar-refractivity contribution in [2.45, 2.75) is 10.6 Å². The third kappa shape index (κ3) is 3.41. The summed E-state index contributed by atoms with van der Waals surface area (Å²) in [7, 11) is 0. The van der Waals surface area contributed by atoms with Crippen LogP contribution in [0.25, 0.3) is 11.5 Å². The minimum Gasteiger partial charge on any atom is -0.399 e. The van der Waals surface area contributed by atoms with Crippen molar-refractivity contribution in [2.24, 2.45) is 0 Å². The fourth-order valence-corrected chi connectivity index (χ4v) is 2.65. The van der Waals surface area contributed by atoms with Crippen molar-refractivity contribution in [3.05, 3.63) is 60.2 Å². The van der Waals surface area contributed by atoms with Gasteiger partial charge in [0.25, 0.3) is 5.89 Å². The van der Waals surface area contributed by atoms with Crippen LogP contribution < -0.4 is 5.73 Å². The average Bonchev–Trinajstić information content (AvgIpc) is 2.94. The van der Waals surface area contributed by atoms with E-state index in [1.165, 1.54) is 23.9 Å². The lowest BCUT2D eigenvalue weighted by Gasteiger charge is -2.00. The first-order chi connectivity index (χ1) is 10.2. The molecule has 0 bridgehead atoms. The fourth-order valence-electron chi connectivity index (χ4n) is 1.83. The van der Waals surface area contributed by atoms with Crippen molar-refractivity contribution < 1.29 is 8.91 Å². The molecule has 3 rings (SSSR count). The zero-order chi connectivity index (χ0) is 14.7. The van der Waals surface area contributed by atoms with Crippen LogP contribution in [0.15, 0.2) is 57.9 Å². The number of anilines is 1. The highest BCUT2D eigenvalue weighted by Gasteiger charge is 2.09. The normalized spacial score (nSPS) is 10.7. The molecule has 2 N–H and O–H groups in total. The number of aromatic nitrogens is 2. The highest BCUT2D eigenvalue weighted by atomic mass is 32.2. The molecule has 6 heteroatoms. The molecule has 0 radical (unpaired) electrons. The van der Waals surface area contributed by atoms with Crippen LogP contribution in [0.5, 0.6) is 0 Å². The summed E-state index contributed by atoms with van der Waals surface area (Å²) in [4.78, 5) is 5.05. The molecule has 0 atom stereocenters. The SMILES string of the molecule is Nc1cc(F)cc(SCc2noc(-c3ccccc3)n2)c1. The largest absolute Gasteiger partial charge is 0.399 e. The molecule has 0 fully saturated rings. The fraction of sp³-hybridized carbons (Fsp3) is 0.0667. The van der Waals surface area contributed by atoms with E-state index in [9.17, 15) is 4.39 Å². The molecule has 1 aromatic heterocycles. The van der Waals surface area contributed by atoms with Gasteiger partial charge in [-0.2, -0.15) is 4.98 Å². The molecule has 4 nitrogen and oxygen atoms in total. The monoisotopic (exact) mass is 301 g/mol. The predicted octanol–water partition coefficient (Wildman–Crippen LogP) is 3.75. The van der Waals surface area contributed by atoms with E-state index in [-0.39, 0.29) is 5.82 Å². The third-order valence-corrected chi connectivity index (χ3v) is 3.72. The number of thioether (sulfide) groups is 1. The average molecular weight is 301 g/mol. The Morgan fingerprint density at radius 2 is 1.95 bits per heavy atom. The van der Waals surface area contributed by atoms with Crippen molar-refractivity contribution in [3.8, 4) is 11.5 Å². The minimum atomic E-state index is -0.351. The molecule has 3 aromatic rings. The smallest absolute Gasteiger partial charge is 0.257 e. The Labute approximate surface area is 125 Å². The lowest BCUT2D eigenvalue weighted by atomic mass is 10.2. The third-order valence-electron chi connectivity index (χ3n) is 2.75. The summed E-state index contributed by atoms with van der Waals surface area (Å²) in [5.74, 6) is 1.17. The molecule has 2 aromatic carbocycles. The quantitative estimate of drug-likeness (QED) is 0.587. The van der Waals surface area contributed by atoms with E-state index < -0.39 is 0 Å². The predicted molar refractivity (Wildman–Crippen MR) is 80.1 cm³/mol. The number of nitrogens with two attached hydrogens (primary N) is 1. The number of nitrogens with zero attached hydrogens (tertiary/aromatic N) is 2. The first-order valence-electron chi connectivity index (χ1n) is 6.27. The first kappa shape index (κ1) is 13.6. The molecule has 0 saturated carbocycles. The Morgan fingerprint density at radius 1 is 1.14 bits per heavy atom. The second-order valence-corrected chi connectivity index (χ2v) is 5.44. The van der Waals surface area contributed by atoms with Crippen molar-refractivity contribution in [3.63, 3.8) is 0 Å². The molecule has 21 heavy (non-hydrogen) atoms. The Morgan fingerprint density at radius 3 is 2.71 bits per heavy atom. The van der Waals surface area contributed by atoms with E-state index in [1.807, 2.05) is 30.3 Å². The van der Waals surface area contributed by atoms with Crippen molar-refractivity contribution >= 4 is 17.4 Å². The maximum absolute atomic E-state index is 13.2. The summed E-state index contributed by atoms with van der Waals surface area (Å²) >= 11 is 1.41. The molecule has 106 valence electrons. The van der Waals surface area contributed by atoms with Gasteiger partial charge >= 0.3 is 0 Å². The van der Waals surface area contributed by atoms with Crippen molar-refractivity contribution in [1.29, 1.82) is 0 Å². The standard InChI is InChI=1S/C15H12FN3OS/c16-11-6-12(17)8-13(7-11)21-9-14-18-15(20-19-14)10-4-2-1-3-5-10/h1-8H,9,17H2. The summed E-state index contributed by atoms with van der Waals surface area (Å²) in [6.07, 6.45) is 0. The molecule has 0 aliphatic heterocycles. The van der Waals surface area contributed by atoms with E-state index in [0.717, 1.165) is 10.5 Å². The van der Waals surface area contributed by atoms with Crippen LogP contribution in [0, 0.1) is 5.82 Å². The van der Waals surface area contributed by atoms with Gasteiger partial charge < -0.3 is 10.3 Å². The Kier molecular flexibility index (Phi) is 3.87. The van der Waals surface area contributed by atoms with Crippen LogP contribution in [0.1, 0.15) is 5.82 Å². The molecular formula is C15H12FN3OS. The van der Waals surface area contributed by atoms with Gasteiger partial charge in [-0.1, -0.05) is 23.4 Å². The van der Waals surface area contributed by atoms with Crippen LogP contribution in [0.3, 0.4) is 0 Å². The Bertz CT molecular complexity index is 725. The van der Waals surface area contributed by atoms with Gasteiger partial charge in [0.05, 0.1) is 5.75 Å². The van der Waals surface area contributed by atoms with Crippen molar-refractivity contribution in [1.82, 2.24) is 10.1 Å². The number of rotatable bonds is 4. The van der Waals surface area contributed by atoms with Crippen molar-refractivity contribution in [2.75, 3.05) is 5.73 Å². The highest BCUT2D eigenvalue weighted by Crippen LogP contribution is 2.25. The maximum atomic E-state index is 13.2. The maximum Gasteiger partial charge on any atom is 0.257 e. The van der Waals surface area contributed by atoms with E-state index in [0.29, 0.717) is 23.2 Å². The lowest BCUT2D eigenvalue weighted by molar-refractivity contribution is 0.425. The highest BCUT2D eigenvalue weighted by molar-refractivity contribution is 7.98. The van der Waals surface area contributed by atoms with Crippen LogP contribution in [0.2, 0.25) is 0 Å². The van der Waals surface area contributed by atoms with Gasteiger partial charge in [-0.3, -0.25) is 0 Å². The molecule has 0 unspecified atom stereocenters. The van der Waals surface area contributed by atoms with Gasteiger partial charge in [-0.25, -0.2) is 4.39 Å². The number of hydrogen-bond acceptors (Lipinski definition) is 5. The van der Waals surface area contributed by atoms with Crippen LogP contribution in [-0.4, -0.2) is 10.1 Å². The first-order valence-corrected chi connectivity index (χ1v) is 7.26. The summed E-state index contributed by atoms with van der Waals surface area (Å²) in [6.45, 7) is 0. The van der Waals surface area contributed by atoms with Gasteiger partial charge in [0, 0.05) is 16.1 Å². The number of benzene rings is 2. The van der Waals surface area contributed by atoms with E-state index in [4.69, 9.17) is 10.3 Å². The summed E-state index contributed by atoms with van der Waals surface area (Å²) in [5.41, 5.74) is 6.88. The second-order valence-electron chi connectivity index (χ2n) is 4.39. The minimum absolute atomic E-state index is 0.351. The van der Waals surface area contributed by atoms with Gasteiger partial charge in [0.1, 0.15) is 5.82 Å². The van der Waals surface area contributed by atoms with Gasteiger partial charge in [0.2, 0.25) is 0 Å². The number of hydrogen-bond donors (Lipinski definition) is 1. The Balaban J connectivity index is 1.70. The molecule has 0 aliphatic carbocycles. The number of halogens is 1. The topological polar surface area (TPSA) is 64.9 Å². The molecule has 0 spiro atoms. The summed E-state index contributed by atoms with van der Waals surface area (Å²) in [5, 5.41) is 3.92. The zero-order valence-electron chi connectivity index (χ0n) is 11.0. The van der Waals surface area contributed by atoms with E-state index in [1.54, 1.807) is 6.07 Å². The summed E-state index contributed by atoms with van der Waals surface area (Å²) in [6, 6.07) is 14.0. The van der Waals surface area contributed by atoms with E-state index in [2.05, 4.69) is 10.1 Å². The van der Waals surface area contributed by atoms with Crippen LogP contribution >= 0.6 is 11.8 Å². The molecule has 0 amide bonds. The Hall–Kier alpha value is -2.34. The zero-order valence-corrected chi connectivity index (χ0v) is 11.8. The lowest BCUT2D eigenvalue weighted by Crippen LogP contribution is -1.89. The molecular weight excluding hydrogens is 289 g/mol. The number of nitrogen functional groups attached to an aromatic ring is 1. The van der Waals surface area contributed by atoms with Crippen LogP contribution in [-0.2, 0) is 5.75 Å². The van der Waals surface area contributed by atoms with Gasteiger partial charge in [0.15, 0.2) is 5.82 Å². The van der Waals surface area contributed by atoms with Gasteiger partial charge in [-0.15, -0.1) is 11.8 Å². The van der Waals surface area contributed by atoms with Crippen LogP contribution in [0.4, 0.5) is 10.1 Å². The summed E-state index contributed by atoms with van der Waals surface area (Å²) < 4.78 is 18.4. The van der Waals surface area contributed by atoms with E-state index >= 15 is 0 Å². The van der Waals surface area contributed by atoms with Gasteiger partial charge in [-0.05, 0) is 30.3 Å². The second kappa shape index (κ2) is 5.97. The molecule has 0 saturated heterocycles.